The van der Waals surface area contributed by atoms with Crippen LogP contribution in [0.15, 0.2) is 0 Å². The smallest absolute Gasteiger partial charge is 0.0604 e. The van der Waals surface area contributed by atoms with Gasteiger partial charge < -0.3 is 5.11 Å². The summed E-state index contributed by atoms with van der Waals surface area (Å²) in [5.41, 5.74) is 0. The fourth-order valence-corrected chi connectivity index (χ4v) is 0.758. The van der Waals surface area contributed by atoms with Gasteiger partial charge in [-0.25, -0.2) is 0 Å². The number of aliphatic hydroxyl groups is 1. The van der Waals surface area contributed by atoms with E-state index in [2.05, 4.69) is 0 Å². The lowest BCUT2D eigenvalue weighted by Crippen LogP contribution is -2.31. The molecule has 1 rings (SSSR count). The van der Waals surface area contributed by atoms with Crippen LogP contribution in [0.25, 0.3) is 0 Å². The summed E-state index contributed by atoms with van der Waals surface area (Å²) in [6, 6.07) is 0. The quantitative estimate of drug-likeness (QED) is 0.639. The van der Waals surface area contributed by atoms with Crippen molar-refractivity contribution in [2.24, 2.45) is 17.7 Å². The van der Waals surface area contributed by atoms with Gasteiger partial charge >= 0.3 is 0 Å². The third kappa shape index (κ3) is 2.19. The molecule has 1 fully saturated rings. The largest absolute Gasteiger partial charge is 0.393 e. The van der Waals surface area contributed by atoms with Crippen molar-refractivity contribution in [3.05, 3.63) is 0 Å². The van der Waals surface area contributed by atoms with Crippen LogP contribution in [0.4, 0.5) is 0 Å². The molecule has 0 saturated heterocycles. The lowest BCUT2D eigenvalue weighted by molar-refractivity contribution is 0.0266. The van der Waals surface area contributed by atoms with Crippen molar-refractivity contribution in [3.8, 4) is 0 Å². The number of rotatable bonds is 1. The standard InChI is InChI=1S/C10H20O/c1-7(2)9-5-4-8(3)6-10(9)11/h7-11H,4-6H2,1-3H3/i3D3,4D2,5D2,6D2,7D,8D,9D,10D. The molecule has 3 unspecified atom stereocenters. The lowest BCUT2D eigenvalue weighted by Gasteiger charge is -2.33. The Bertz CT molecular complexity index is 450. The average molecular weight is 169 g/mol. The number of hydrogen-bond donors (Lipinski definition) is 1. The first kappa shape index (κ1) is 1.89. The highest BCUT2D eigenvalue weighted by molar-refractivity contribution is 4.79. The average Bonchev–Trinajstić information content (AvgIpc) is 2.31. The zero-order valence-corrected chi connectivity index (χ0v) is 6.45. The fraction of sp³-hybridized carbons (Fsp3) is 1.00. The third-order valence-corrected chi connectivity index (χ3v) is 1.29. The molecule has 66 valence electrons. The first-order valence-corrected chi connectivity index (χ1v) is 3.22. The minimum absolute atomic E-state index is 0.885. The molecule has 0 spiro atoms. The van der Waals surface area contributed by atoms with Gasteiger partial charge in [-0.1, -0.05) is 27.1 Å². The van der Waals surface area contributed by atoms with Crippen molar-refractivity contribution >= 4 is 0 Å². The summed E-state index contributed by atoms with van der Waals surface area (Å²) in [7, 11) is 0. The van der Waals surface area contributed by atoms with Crippen molar-refractivity contribution in [3.63, 3.8) is 0 Å². The van der Waals surface area contributed by atoms with Gasteiger partial charge in [0, 0.05) is 16.4 Å². The van der Waals surface area contributed by atoms with Crippen molar-refractivity contribution in [2.75, 3.05) is 0 Å². The number of hydrogen-bond acceptors (Lipinski definition) is 1. The van der Waals surface area contributed by atoms with E-state index < -0.39 is 49.7 Å². The van der Waals surface area contributed by atoms with E-state index in [1.54, 1.807) is 0 Å². The lowest BCUT2D eigenvalue weighted by atomic mass is 9.75. The predicted molar refractivity (Wildman–Crippen MR) is 47.3 cm³/mol. The highest BCUT2D eigenvalue weighted by Gasteiger charge is 2.28. The van der Waals surface area contributed by atoms with Gasteiger partial charge in [0.25, 0.3) is 0 Å². The molecule has 0 bridgehead atoms. The highest BCUT2D eigenvalue weighted by atomic mass is 16.3. The Hall–Kier alpha value is -0.0400. The van der Waals surface area contributed by atoms with Gasteiger partial charge in [0.15, 0.2) is 0 Å². The zero-order chi connectivity index (χ0) is 20.0. The van der Waals surface area contributed by atoms with E-state index in [1.165, 1.54) is 0 Å². The molecule has 0 heterocycles. The molecule has 1 saturated carbocycles. The molecule has 1 nitrogen and oxygen atoms in total. The minimum atomic E-state index is -3.91. The van der Waals surface area contributed by atoms with Crippen LogP contribution in [0.3, 0.4) is 0 Å². The molecule has 0 aromatic carbocycles. The van der Waals surface area contributed by atoms with Gasteiger partial charge in [0.1, 0.15) is 0 Å². The topological polar surface area (TPSA) is 20.2 Å². The first-order valence-electron chi connectivity index (χ1n) is 9.72. The van der Waals surface area contributed by atoms with Crippen molar-refractivity contribution < 1.29 is 22.9 Å². The second-order valence-corrected chi connectivity index (χ2v) is 2.47. The molecule has 0 aliphatic heterocycles. The van der Waals surface area contributed by atoms with Crippen LogP contribution in [0.5, 0.6) is 0 Å². The van der Waals surface area contributed by atoms with Crippen molar-refractivity contribution in [1.82, 2.24) is 0 Å². The van der Waals surface area contributed by atoms with Gasteiger partial charge in [-0.2, -0.15) is 0 Å². The zero-order valence-electron chi connectivity index (χ0n) is 19.4. The van der Waals surface area contributed by atoms with E-state index in [9.17, 15) is 5.11 Å². The van der Waals surface area contributed by atoms with E-state index >= 15 is 0 Å². The van der Waals surface area contributed by atoms with Crippen molar-refractivity contribution in [2.45, 2.75) is 45.9 Å². The monoisotopic (exact) mass is 169 g/mol. The molecule has 0 aromatic rings. The molecule has 0 aromatic heterocycles. The van der Waals surface area contributed by atoms with Crippen LogP contribution in [-0.2, 0) is 0 Å². The van der Waals surface area contributed by atoms with E-state index in [-0.39, 0.29) is 0 Å². The van der Waals surface area contributed by atoms with E-state index in [1.807, 2.05) is 0 Å². The van der Waals surface area contributed by atoms with Gasteiger partial charge in [0.2, 0.25) is 0 Å². The maximum absolute atomic E-state index is 10.4. The Balaban J connectivity index is 4.10. The molecule has 3 atom stereocenters. The van der Waals surface area contributed by atoms with Gasteiger partial charge in [-0.3, -0.25) is 0 Å². The Morgan fingerprint density at radius 1 is 1.73 bits per heavy atom. The SMILES string of the molecule is [2H]C([2H])([2H])C1([2H])C([2H])([2H])C([2H])([2H])C([2H])(C([2H])(C)C)C([2H])(O)C1([2H])[2H]. The second-order valence-electron chi connectivity index (χ2n) is 2.47. The summed E-state index contributed by atoms with van der Waals surface area (Å²) in [4.78, 5) is 0. The Kier molecular flexibility index (Phi) is 0.615. The summed E-state index contributed by atoms with van der Waals surface area (Å²) in [6.07, 6.45) is -15.4. The van der Waals surface area contributed by atoms with Crippen molar-refractivity contribution in [1.29, 1.82) is 0 Å². The Labute approximate surface area is 88.1 Å². The van der Waals surface area contributed by atoms with Crippen LogP contribution >= 0.6 is 0 Å². The van der Waals surface area contributed by atoms with E-state index in [0.717, 1.165) is 13.8 Å². The van der Waals surface area contributed by atoms with Crippen LogP contribution in [0, 0.1) is 17.7 Å². The molecule has 1 aliphatic carbocycles. The third-order valence-electron chi connectivity index (χ3n) is 1.29. The molecule has 11 heavy (non-hydrogen) atoms. The summed E-state index contributed by atoms with van der Waals surface area (Å²) in [6.45, 7) is -2.00. The van der Waals surface area contributed by atoms with Crippen LogP contribution in [-0.4, -0.2) is 11.2 Å². The molecular weight excluding hydrogens is 136 g/mol. The van der Waals surface area contributed by atoms with Crippen LogP contribution in [0.1, 0.15) is 57.6 Å². The maximum atomic E-state index is 10.4. The second kappa shape index (κ2) is 3.57. The summed E-state index contributed by atoms with van der Waals surface area (Å²) in [5.74, 6) is -9.76. The predicted octanol–water partition coefficient (Wildman–Crippen LogP) is 2.44. The van der Waals surface area contributed by atoms with Gasteiger partial charge in [-0.15, -0.1) is 0 Å². The van der Waals surface area contributed by atoms with E-state index in [0.29, 0.717) is 0 Å². The normalized spacial score (nSPS) is 92.8. The molecule has 1 aliphatic rings. The van der Waals surface area contributed by atoms with Crippen LogP contribution < -0.4 is 0 Å². The van der Waals surface area contributed by atoms with E-state index in [4.69, 9.17) is 17.8 Å². The molecule has 1 heteroatoms. The Morgan fingerprint density at radius 3 is 3.00 bits per heavy atom. The van der Waals surface area contributed by atoms with Gasteiger partial charge in [0.05, 0.1) is 7.45 Å². The van der Waals surface area contributed by atoms with Gasteiger partial charge in [-0.05, 0) is 30.4 Å². The molecular formula is C10H20O. The fourth-order valence-electron chi connectivity index (χ4n) is 0.758. The molecule has 1 N–H and O–H groups in total. The van der Waals surface area contributed by atoms with Crippen LogP contribution in [0.2, 0.25) is 0 Å². The summed E-state index contributed by atoms with van der Waals surface area (Å²) in [5, 5.41) is 10.4. The summed E-state index contributed by atoms with van der Waals surface area (Å²) >= 11 is 0. The minimum Gasteiger partial charge on any atom is -0.393 e. The first-order chi connectivity index (χ1) is 10.0. The molecule has 0 radical (unpaired) electrons. The summed E-state index contributed by atoms with van der Waals surface area (Å²) < 4.78 is 102. The maximum Gasteiger partial charge on any atom is 0.0604 e. The Morgan fingerprint density at radius 2 is 2.45 bits per heavy atom. The molecule has 0 amide bonds. The highest BCUT2D eigenvalue weighted by Crippen LogP contribution is 2.33.